The van der Waals surface area contributed by atoms with Crippen LogP contribution in [0.5, 0.6) is 11.5 Å². The number of rotatable bonds is 8. The Balaban J connectivity index is 1.89. The molecule has 0 atom stereocenters. The second kappa shape index (κ2) is 10.1. The molecule has 0 bridgehead atoms. The minimum atomic E-state index is -0.765. The molecule has 2 aromatic carbocycles. The molecule has 0 aromatic heterocycles. The van der Waals surface area contributed by atoms with Crippen LogP contribution in [0.15, 0.2) is 42.5 Å². The quantitative estimate of drug-likeness (QED) is 0.677. The second-order valence-corrected chi connectivity index (χ2v) is 5.92. The van der Waals surface area contributed by atoms with E-state index in [1.807, 2.05) is 0 Å². The van der Waals surface area contributed by atoms with E-state index < -0.39 is 30.2 Å². The fourth-order valence-electron chi connectivity index (χ4n) is 2.40. The standard InChI is InChI=1S/C20H21FN2O6/c1-23(11-17(24)22-14-9-7-13(21)8-10-14)18(25)12-29-20(26)15-5-4-6-16(27-2)19(15)28-3/h4-10H,11-12H2,1-3H3,(H,22,24). The van der Waals surface area contributed by atoms with Crippen molar-refractivity contribution in [3.05, 3.63) is 53.8 Å². The number of para-hydroxylation sites is 1. The highest BCUT2D eigenvalue weighted by atomic mass is 19.1. The van der Waals surface area contributed by atoms with Crippen LogP contribution < -0.4 is 14.8 Å². The molecule has 0 aliphatic heterocycles. The van der Waals surface area contributed by atoms with Gasteiger partial charge in [0.1, 0.15) is 11.4 Å². The molecule has 0 aliphatic rings. The summed E-state index contributed by atoms with van der Waals surface area (Å²) in [6, 6.07) is 9.90. The molecular formula is C20H21FN2O6. The fourth-order valence-corrected chi connectivity index (χ4v) is 2.40. The van der Waals surface area contributed by atoms with Crippen LogP contribution in [0.3, 0.4) is 0 Å². The Hall–Kier alpha value is -3.62. The lowest BCUT2D eigenvalue weighted by molar-refractivity contribution is -0.136. The molecule has 154 valence electrons. The summed E-state index contributed by atoms with van der Waals surface area (Å²) in [7, 11) is 4.21. The van der Waals surface area contributed by atoms with E-state index in [1.165, 1.54) is 51.6 Å². The number of methoxy groups -OCH3 is 2. The Morgan fingerprint density at radius 2 is 1.72 bits per heavy atom. The SMILES string of the molecule is COc1cccc(C(=O)OCC(=O)N(C)CC(=O)Nc2ccc(F)cc2)c1OC. The predicted octanol–water partition coefficient (Wildman–Crippen LogP) is 2.10. The molecule has 0 saturated heterocycles. The van der Waals surface area contributed by atoms with Crippen molar-refractivity contribution in [3.63, 3.8) is 0 Å². The average molecular weight is 404 g/mol. The number of hydrogen-bond acceptors (Lipinski definition) is 6. The first kappa shape index (κ1) is 21.7. The lowest BCUT2D eigenvalue weighted by Gasteiger charge is -2.17. The largest absolute Gasteiger partial charge is 0.493 e. The Kier molecular flexibility index (Phi) is 7.53. The molecule has 2 rings (SSSR count). The van der Waals surface area contributed by atoms with E-state index in [4.69, 9.17) is 14.2 Å². The number of nitrogens with zero attached hydrogens (tertiary/aromatic N) is 1. The third kappa shape index (κ3) is 5.93. The molecule has 0 radical (unpaired) electrons. The van der Waals surface area contributed by atoms with Crippen molar-refractivity contribution in [3.8, 4) is 11.5 Å². The minimum Gasteiger partial charge on any atom is -0.493 e. The topological polar surface area (TPSA) is 94.2 Å². The zero-order chi connectivity index (χ0) is 21.4. The zero-order valence-electron chi connectivity index (χ0n) is 16.2. The number of halogens is 1. The molecule has 2 amide bonds. The maximum Gasteiger partial charge on any atom is 0.342 e. The third-order valence-corrected chi connectivity index (χ3v) is 3.88. The van der Waals surface area contributed by atoms with Crippen LogP contribution >= 0.6 is 0 Å². The summed E-state index contributed by atoms with van der Waals surface area (Å²) in [4.78, 5) is 37.5. The maximum atomic E-state index is 12.9. The highest BCUT2D eigenvalue weighted by Crippen LogP contribution is 2.31. The molecule has 29 heavy (non-hydrogen) atoms. The normalized spacial score (nSPS) is 10.1. The van der Waals surface area contributed by atoms with Gasteiger partial charge in [-0.05, 0) is 36.4 Å². The predicted molar refractivity (Wildman–Crippen MR) is 102 cm³/mol. The van der Waals surface area contributed by atoms with Gasteiger partial charge in [-0.25, -0.2) is 9.18 Å². The van der Waals surface area contributed by atoms with Gasteiger partial charge in [-0.1, -0.05) is 6.07 Å². The fraction of sp³-hybridized carbons (Fsp3) is 0.250. The van der Waals surface area contributed by atoms with Crippen molar-refractivity contribution in [1.82, 2.24) is 4.90 Å². The minimum absolute atomic E-state index is 0.108. The van der Waals surface area contributed by atoms with E-state index in [9.17, 15) is 18.8 Å². The summed E-state index contributed by atoms with van der Waals surface area (Å²) in [5.41, 5.74) is 0.505. The first-order chi connectivity index (χ1) is 13.8. The summed E-state index contributed by atoms with van der Waals surface area (Å²) >= 11 is 0. The van der Waals surface area contributed by atoms with Crippen molar-refractivity contribution in [2.75, 3.05) is 39.7 Å². The van der Waals surface area contributed by atoms with E-state index in [0.717, 1.165) is 4.90 Å². The van der Waals surface area contributed by atoms with E-state index >= 15 is 0 Å². The van der Waals surface area contributed by atoms with Crippen LogP contribution in [0.4, 0.5) is 10.1 Å². The van der Waals surface area contributed by atoms with E-state index in [1.54, 1.807) is 12.1 Å². The van der Waals surface area contributed by atoms with Crippen LogP contribution in [0.2, 0.25) is 0 Å². The lowest BCUT2D eigenvalue weighted by Crippen LogP contribution is -2.37. The van der Waals surface area contributed by atoms with Crippen molar-refractivity contribution < 1.29 is 33.0 Å². The first-order valence-corrected chi connectivity index (χ1v) is 8.53. The van der Waals surface area contributed by atoms with Crippen LogP contribution in [0.1, 0.15) is 10.4 Å². The van der Waals surface area contributed by atoms with Gasteiger partial charge in [0.05, 0.1) is 20.8 Å². The number of ether oxygens (including phenoxy) is 3. The average Bonchev–Trinajstić information content (AvgIpc) is 2.72. The molecule has 0 heterocycles. The summed E-state index contributed by atoms with van der Waals surface area (Å²) in [5.74, 6) is -1.70. The monoisotopic (exact) mass is 404 g/mol. The number of carbonyl (C=O) groups excluding carboxylic acids is 3. The first-order valence-electron chi connectivity index (χ1n) is 8.53. The van der Waals surface area contributed by atoms with Gasteiger partial charge in [-0.3, -0.25) is 9.59 Å². The van der Waals surface area contributed by atoms with Crippen molar-refractivity contribution in [2.24, 2.45) is 0 Å². The highest BCUT2D eigenvalue weighted by molar-refractivity contribution is 5.96. The van der Waals surface area contributed by atoms with Gasteiger partial charge in [0.25, 0.3) is 5.91 Å². The smallest absolute Gasteiger partial charge is 0.342 e. The maximum absolute atomic E-state index is 12.9. The molecule has 2 aromatic rings. The number of hydrogen-bond donors (Lipinski definition) is 1. The van der Waals surface area contributed by atoms with E-state index in [0.29, 0.717) is 11.4 Å². The summed E-state index contributed by atoms with van der Waals surface area (Å²) in [6.45, 7) is -0.824. The summed E-state index contributed by atoms with van der Waals surface area (Å²) < 4.78 is 28.2. The Morgan fingerprint density at radius 3 is 2.34 bits per heavy atom. The van der Waals surface area contributed by atoms with Crippen molar-refractivity contribution in [1.29, 1.82) is 0 Å². The molecule has 9 heteroatoms. The molecule has 0 fully saturated rings. The zero-order valence-corrected chi connectivity index (χ0v) is 16.2. The lowest BCUT2D eigenvalue weighted by atomic mass is 10.2. The number of carbonyl (C=O) groups is 3. The Morgan fingerprint density at radius 1 is 1.03 bits per heavy atom. The molecule has 0 unspecified atom stereocenters. The number of nitrogens with one attached hydrogen (secondary N) is 1. The Bertz CT molecular complexity index is 885. The molecule has 8 nitrogen and oxygen atoms in total. The van der Waals surface area contributed by atoms with Gasteiger partial charge in [-0.2, -0.15) is 0 Å². The van der Waals surface area contributed by atoms with E-state index in [-0.39, 0.29) is 17.9 Å². The number of likely N-dealkylation sites (N-methyl/N-ethyl adjacent to an activating group) is 1. The van der Waals surface area contributed by atoms with Gasteiger partial charge in [-0.15, -0.1) is 0 Å². The van der Waals surface area contributed by atoms with Gasteiger partial charge in [0.15, 0.2) is 18.1 Å². The van der Waals surface area contributed by atoms with Crippen LogP contribution in [0.25, 0.3) is 0 Å². The van der Waals surface area contributed by atoms with Gasteiger partial charge in [0.2, 0.25) is 5.91 Å². The molecule has 0 aliphatic carbocycles. The number of amides is 2. The number of benzene rings is 2. The molecule has 1 N–H and O–H groups in total. The number of esters is 1. The van der Waals surface area contributed by atoms with Crippen LogP contribution in [-0.2, 0) is 14.3 Å². The van der Waals surface area contributed by atoms with Gasteiger partial charge in [0, 0.05) is 12.7 Å². The van der Waals surface area contributed by atoms with Gasteiger partial charge >= 0.3 is 5.97 Å². The summed E-state index contributed by atoms with van der Waals surface area (Å²) in [6.07, 6.45) is 0. The molecule has 0 spiro atoms. The van der Waals surface area contributed by atoms with E-state index in [2.05, 4.69) is 5.32 Å². The molecule has 0 saturated carbocycles. The second-order valence-electron chi connectivity index (χ2n) is 5.92. The summed E-state index contributed by atoms with van der Waals surface area (Å²) in [5, 5.41) is 2.54. The van der Waals surface area contributed by atoms with Gasteiger partial charge < -0.3 is 24.4 Å². The molecular weight excluding hydrogens is 383 g/mol. The van der Waals surface area contributed by atoms with Crippen molar-refractivity contribution in [2.45, 2.75) is 0 Å². The Labute approximate surface area is 167 Å². The van der Waals surface area contributed by atoms with Crippen LogP contribution in [-0.4, -0.2) is 57.1 Å². The third-order valence-electron chi connectivity index (χ3n) is 3.88. The number of anilines is 1. The van der Waals surface area contributed by atoms with Crippen molar-refractivity contribution >= 4 is 23.5 Å². The van der Waals surface area contributed by atoms with Crippen LogP contribution in [0, 0.1) is 5.82 Å². The highest BCUT2D eigenvalue weighted by Gasteiger charge is 2.20.